The molecule has 0 fully saturated rings. The first kappa shape index (κ1) is 20.3. The van der Waals surface area contributed by atoms with Gasteiger partial charge in [0.1, 0.15) is 6.04 Å². The molecule has 0 aliphatic heterocycles. The number of hydrogen-bond acceptors (Lipinski definition) is 3. The number of nitrogens with two attached hydrogens (primary N) is 1. The van der Waals surface area contributed by atoms with Crippen molar-refractivity contribution in [1.29, 1.82) is 0 Å². The maximum absolute atomic E-state index is 12.1. The molecular weight excluding hydrogens is 364 g/mol. The third kappa shape index (κ3) is 4.52. The van der Waals surface area contributed by atoms with Gasteiger partial charge in [0.25, 0.3) is 0 Å². The van der Waals surface area contributed by atoms with Gasteiger partial charge < -0.3 is 10.8 Å². The van der Waals surface area contributed by atoms with E-state index >= 15 is 0 Å². The summed E-state index contributed by atoms with van der Waals surface area (Å²) in [5, 5.41) is 13.2. The van der Waals surface area contributed by atoms with E-state index in [1.54, 1.807) is 0 Å². The molecule has 0 radical (unpaired) electrons. The van der Waals surface area contributed by atoms with Gasteiger partial charge in [0.15, 0.2) is 0 Å². The van der Waals surface area contributed by atoms with E-state index in [0.717, 1.165) is 16.7 Å². The molecule has 3 aromatic rings. The first-order valence-corrected chi connectivity index (χ1v) is 9.49. The molecule has 0 saturated carbocycles. The van der Waals surface area contributed by atoms with Crippen molar-refractivity contribution >= 4 is 11.9 Å². The minimum atomic E-state index is -1.03. The zero-order valence-corrected chi connectivity index (χ0v) is 16.0. The highest BCUT2D eigenvalue weighted by Crippen LogP contribution is 2.37. The van der Waals surface area contributed by atoms with Gasteiger partial charge in [0.2, 0.25) is 5.91 Å². The number of carboxylic acid groups (broad SMARTS) is 1. The second-order valence-electron chi connectivity index (χ2n) is 6.89. The van der Waals surface area contributed by atoms with Crippen LogP contribution in [0.5, 0.6) is 0 Å². The zero-order chi connectivity index (χ0) is 20.7. The Morgan fingerprint density at radius 3 is 1.48 bits per heavy atom. The maximum Gasteiger partial charge on any atom is 0.320 e. The van der Waals surface area contributed by atoms with Crippen LogP contribution in [0.4, 0.5) is 0 Å². The molecule has 5 nitrogen and oxygen atoms in total. The van der Waals surface area contributed by atoms with Gasteiger partial charge in [0, 0.05) is 6.42 Å². The van der Waals surface area contributed by atoms with Crippen LogP contribution in [0.3, 0.4) is 0 Å². The minimum absolute atomic E-state index is 0.0155. The highest BCUT2D eigenvalue weighted by Gasteiger charge is 2.39. The lowest BCUT2D eigenvalue weighted by Crippen LogP contribution is -2.52. The molecule has 5 heteroatoms. The number of carbonyl (C=O) groups is 2. The minimum Gasteiger partial charge on any atom is -0.480 e. The van der Waals surface area contributed by atoms with Gasteiger partial charge >= 0.3 is 5.97 Å². The molecule has 29 heavy (non-hydrogen) atoms. The number of amides is 1. The molecule has 0 bridgehead atoms. The van der Waals surface area contributed by atoms with Gasteiger partial charge in [-0.3, -0.25) is 14.9 Å². The Labute approximate surface area is 170 Å². The van der Waals surface area contributed by atoms with E-state index in [1.807, 2.05) is 91.0 Å². The van der Waals surface area contributed by atoms with Gasteiger partial charge in [0.05, 0.1) is 5.54 Å². The quantitative estimate of drug-likeness (QED) is 0.491. The Hall–Kier alpha value is -3.44. The van der Waals surface area contributed by atoms with Crippen LogP contribution < -0.4 is 11.1 Å². The van der Waals surface area contributed by atoms with Gasteiger partial charge in [-0.05, 0) is 23.1 Å². The summed E-state index contributed by atoms with van der Waals surface area (Å²) >= 11 is 0. The first-order valence-electron chi connectivity index (χ1n) is 9.49. The number of carbonyl (C=O) groups excluding carboxylic acids is 1. The molecule has 3 aromatic carbocycles. The summed E-state index contributed by atoms with van der Waals surface area (Å²) < 4.78 is 0. The van der Waals surface area contributed by atoms with E-state index < -0.39 is 23.5 Å². The molecule has 0 saturated heterocycles. The third-order valence-electron chi connectivity index (χ3n) is 4.99. The Morgan fingerprint density at radius 1 is 0.793 bits per heavy atom. The number of aliphatic carboxylic acids is 1. The van der Waals surface area contributed by atoms with Gasteiger partial charge in [-0.2, -0.15) is 0 Å². The number of benzene rings is 3. The molecule has 1 amide bonds. The molecular formula is C24H24N2O3. The Balaban J connectivity index is 2.21. The fourth-order valence-corrected chi connectivity index (χ4v) is 3.62. The van der Waals surface area contributed by atoms with Crippen molar-refractivity contribution in [1.82, 2.24) is 5.32 Å². The van der Waals surface area contributed by atoms with Crippen molar-refractivity contribution in [2.45, 2.75) is 24.4 Å². The molecule has 4 N–H and O–H groups in total. The third-order valence-corrected chi connectivity index (χ3v) is 4.99. The molecule has 1 unspecified atom stereocenters. The van der Waals surface area contributed by atoms with Crippen LogP contribution in [0.2, 0.25) is 0 Å². The lowest BCUT2D eigenvalue weighted by atomic mass is 9.76. The number of rotatable bonds is 9. The van der Waals surface area contributed by atoms with E-state index in [1.165, 1.54) is 0 Å². The highest BCUT2D eigenvalue weighted by molar-refractivity contribution is 5.77. The number of nitrogens with one attached hydrogen (secondary N) is 1. The first-order chi connectivity index (χ1) is 14.0. The summed E-state index contributed by atoms with van der Waals surface area (Å²) in [6.45, 7) is 0. The summed E-state index contributed by atoms with van der Waals surface area (Å²) in [5.41, 5.74) is 7.08. The van der Waals surface area contributed by atoms with E-state index in [4.69, 9.17) is 5.73 Å². The van der Waals surface area contributed by atoms with Crippen molar-refractivity contribution < 1.29 is 14.7 Å². The standard InChI is InChI=1S/C24H24N2O3/c25-22(27)17-16-21(23(28)29)26-24(18-10-4-1-5-11-18,19-12-6-2-7-13-19)20-14-8-3-9-15-20/h1-15,21,26H,16-17H2,(H2,25,27)(H,28,29). The molecule has 3 rings (SSSR count). The fourth-order valence-electron chi connectivity index (χ4n) is 3.62. The average molecular weight is 388 g/mol. The topological polar surface area (TPSA) is 92.4 Å². The Morgan fingerprint density at radius 2 is 1.17 bits per heavy atom. The van der Waals surface area contributed by atoms with Crippen molar-refractivity contribution in [3.05, 3.63) is 108 Å². The zero-order valence-electron chi connectivity index (χ0n) is 16.0. The number of carboxylic acids is 1. The van der Waals surface area contributed by atoms with Crippen molar-refractivity contribution in [3.8, 4) is 0 Å². The Bertz CT molecular complexity index is 847. The van der Waals surface area contributed by atoms with E-state index in [-0.39, 0.29) is 12.8 Å². The van der Waals surface area contributed by atoms with Crippen molar-refractivity contribution in [3.63, 3.8) is 0 Å². The predicted octanol–water partition coefficient (Wildman–Crippen LogP) is 3.29. The second-order valence-corrected chi connectivity index (χ2v) is 6.89. The normalized spacial score (nSPS) is 12.3. The van der Waals surface area contributed by atoms with Gasteiger partial charge in [-0.1, -0.05) is 91.0 Å². The average Bonchev–Trinajstić information content (AvgIpc) is 2.75. The summed E-state index contributed by atoms with van der Waals surface area (Å²) in [6, 6.07) is 28.2. The largest absolute Gasteiger partial charge is 0.480 e. The molecule has 0 heterocycles. The Kier molecular flexibility index (Phi) is 6.42. The summed E-state index contributed by atoms with van der Waals surface area (Å²) in [5.74, 6) is -1.55. The van der Waals surface area contributed by atoms with E-state index in [2.05, 4.69) is 5.32 Å². The molecule has 148 valence electrons. The van der Waals surface area contributed by atoms with Crippen LogP contribution in [-0.4, -0.2) is 23.0 Å². The van der Waals surface area contributed by atoms with Crippen LogP contribution >= 0.6 is 0 Å². The van der Waals surface area contributed by atoms with Crippen LogP contribution in [0.1, 0.15) is 29.5 Å². The summed E-state index contributed by atoms with van der Waals surface area (Å²) in [7, 11) is 0. The SMILES string of the molecule is NC(=O)CCC(NC(c1ccccc1)(c1ccccc1)c1ccccc1)C(=O)O. The molecule has 0 aliphatic rings. The van der Waals surface area contributed by atoms with Gasteiger partial charge in [-0.25, -0.2) is 0 Å². The summed E-state index contributed by atoms with van der Waals surface area (Å²) in [4.78, 5) is 23.4. The van der Waals surface area contributed by atoms with Gasteiger partial charge in [-0.15, -0.1) is 0 Å². The monoisotopic (exact) mass is 388 g/mol. The van der Waals surface area contributed by atoms with Crippen LogP contribution in [0, 0.1) is 0 Å². The van der Waals surface area contributed by atoms with Crippen molar-refractivity contribution in [2.75, 3.05) is 0 Å². The van der Waals surface area contributed by atoms with Crippen LogP contribution in [0.15, 0.2) is 91.0 Å². The van der Waals surface area contributed by atoms with Crippen LogP contribution in [0.25, 0.3) is 0 Å². The highest BCUT2D eigenvalue weighted by atomic mass is 16.4. The lowest BCUT2D eigenvalue weighted by molar-refractivity contribution is -0.140. The maximum atomic E-state index is 12.1. The molecule has 1 atom stereocenters. The molecule has 0 spiro atoms. The van der Waals surface area contributed by atoms with E-state index in [9.17, 15) is 14.7 Å². The number of hydrogen-bond donors (Lipinski definition) is 3. The molecule has 0 aromatic heterocycles. The number of primary amides is 1. The smallest absolute Gasteiger partial charge is 0.320 e. The predicted molar refractivity (Wildman–Crippen MR) is 112 cm³/mol. The molecule has 0 aliphatic carbocycles. The fraction of sp³-hybridized carbons (Fsp3) is 0.167. The van der Waals surface area contributed by atoms with E-state index in [0.29, 0.717) is 0 Å². The van der Waals surface area contributed by atoms with Crippen molar-refractivity contribution in [2.24, 2.45) is 5.73 Å². The van der Waals surface area contributed by atoms with Crippen LogP contribution in [-0.2, 0) is 15.1 Å². The second kappa shape index (κ2) is 9.17. The lowest BCUT2D eigenvalue weighted by Gasteiger charge is -2.39. The summed E-state index contributed by atoms with van der Waals surface area (Å²) in [6.07, 6.45) is 0.0807.